The lowest BCUT2D eigenvalue weighted by molar-refractivity contribution is 0.262. The summed E-state index contributed by atoms with van der Waals surface area (Å²) in [6, 6.07) is 6.69. The third kappa shape index (κ3) is 2.59. The van der Waals surface area contributed by atoms with E-state index < -0.39 is 0 Å². The monoisotopic (exact) mass is 262 g/mol. The summed E-state index contributed by atoms with van der Waals surface area (Å²) >= 11 is 0. The number of hydrogen-bond donors (Lipinski definition) is 1. The number of halogens is 1. The van der Waals surface area contributed by atoms with Crippen molar-refractivity contribution in [3.05, 3.63) is 47.8 Å². The van der Waals surface area contributed by atoms with Gasteiger partial charge in [0.25, 0.3) is 0 Å². The molecule has 0 spiro atoms. The van der Waals surface area contributed by atoms with Crippen LogP contribution in [0.25, 0.3) is 0 Å². The predicted molar refractivity (Wildman–Crippen MR) is 76.6 cm³/mol. The van der Waals surface area contributed by atoms with Gasteiger partial charge in [-0.3, -0.25) is 0 Å². The molecule has 0 amide bonds. The van der Waals surface area contributed by atoms with Crippen LogP contribution in [-0.4, -0.2) is 11.7 Å². The lowest BCUT2D eigenvalue weighted by atomic mass is 9.87. The first-order chi connectivity index (χ1) is 9.16. The van der Waals surface area contributed by atoms with Crippen LogP contribution < -0.4 is 0 Å². The van der Waals surface area contributed by atoms with Crippen molar-refractivity contribution >= 4 is 0 Å². The van der Waals surface area contributed by atoms with Crippen molar-refractivity contribution < 1.29 is 9.50 Å². The van der Waals surface area contributed by atoms with E-state index in [0.717, 1.165) is 24.0 Å². The van der Waals surface area contributed by atoms with E-state index in [9.17, 15) is 9.50 Å². The largest absolute Gasteiger partial charge is 0.396 e. The van der Waals surface area contributed by atoms with Gasteiger partial charge in [0.15, 0.2) is 0 Å². The van der Waals surface area contributed by atoms with Crippen LogP contribution in [0.15, 0.2) is 36.4 Å². The van der Waals surface area contributed by atoms with Crippen molar-refractivity contribution in [2.75, 3.05) is 6.61 Å². The molecule has 0 radical (unpaired) electrons. The highest BCUT2D eigenvalue weighted by Gasteiger charge is 2.58. The van der Waals surface area contributed by atoms with Gasteiger partial charge < -0.3 is 5.11 Å². The first-order valence-electron chi connectivity index (χ1n) is 7.23. The standard InChI is InChI=1S/C17H23FO/c1-3-4-5-6-11-17(13(2)16(17)12-19)14-7-9-15(18)10-8-14/h7-10,16,19H,2-6,11-12H2,1H3/t16-,17+/m0/s1. The van der Waals surface area contributed by atoms with E-state index in [1.54, 1.807) is 0 Å². The third-order valence-corrected chi connectivity index (χ3v) is 4.47. The Bertz CT molecular complexity index is 437. The maximum absolute atomic E-state index is 13.1. The fourth-order valence-electron chi connectivity index (χ4n) is 3.23. The molecule has 19 heavy (non-hydrogen) atoms. The molecule has 104 valence electrons. The highest BCUT2D eigenvalue weighted by molar-refractivity contribution is 5.52. The molecule has 2 atom stereocenters. The van der Waals surface area contributed by atoms with E-state index in [2.05, 4.69) is 13.5 Å². The van der Waals surface area contributed by atoms with Gasteiger partial charge in [0.05, 0.1) is 6.61 Å². The van der Waals surface area contributed by atoms with Gasteiger partial charge in [-0.15, -0.1) is 0 Å². The van der Waals surface area contributed by atoms with Crippen LogP contribution in [0.2, 0.25) is 0 Å². The number of rotatable bonds is 7. The van der Waals surface area contributed by atoms with Gasteiger partial charge in [-0.1, -0.05) is 56.9 Å². The van der Waals surface area contributed by atoms with Gasteiger partial charge >= 0.3 is 0 Å². The second-order valence-electron chi connectivity index (χ2n) is 5.55. The Kier molecular flexibility index (Phi) is 4.41. The minimum Gasteiger partial charge on any atom is -0.396 e. The van der Waals surface area contributed by atoms with E-state index in [1.807, 2.05) is 12.1 Å². The molecule has 2 heteroatoms. The zero-order valence-electron chi connectivity index (χ0n) is 11.7. The molecule has 1 N–H and O–H groups in total. The summed E-state index contributed by atoms with van der Waals surface area (Å²) < 4.78 is 13.1. The SMILES string of the molecule is C=C1[C@H](CO)[C@@]1(CCCCCC)c1ccc(F)cc1. The number of benzene rings is 1. The molecule has 0 heterocycles. The summed E-state index contributed by atoms with van der Waals surface area (Å²) in [5, 5.41) is 9.50. The zero-order chi connectivity index (χ0) is 13.9. The molecule has 0 unspecified atom stereocenters. The quantitative estimate of drug-likeness (QED) is 0.576. The van der Waals surface area contributed by atoms with Crippen LogP contribution in [0.1, 0.15) is 44.6 Å². The summed E-state index contributed by atoms with van der Waals surface area (Å²) in [6.07, 6.45) is 5.83. The minimum atomic E-state index is -0.211. The van der Waals surface area contributed by atoms with Crippen molar-refractivity contribution in [2.45, 2.75) is 44.4 Å². The maximum atomic E-state index is 13.1. The highest BCUT2D eigenvalue weighted by atomic mass is 19.1. The van der Waals surface area contributed by atoms with E-state index in [4.69, 9.17) is 0 Å². The molecule has 1 saturated carbocycles. The zero-order valence-corrected chi connectivity index (χ0v) is 11.7. The van der Waals surface area contributed by atoms with E-state index in [-0.39, 0.29) is 23.8 Å². The Balaban J connectivity index is 2.13. The second kappa shape index (κ2) is 5.87. The van der Waals surface area contributed by atoms with Crippen LogP contribution in [0.3, 0.4) is 0 Å². The topological polar surface area (TPSA) is 20.2 Å². The van der Waals surface area contributed by atoms with E-state index >= 15 is 0 Å². The lowest BCUT2D eigenvalue weighted by Gasteiger charge is -2.17. The van der Waals surface area contributed by atoms with Crippen molar-refractivity contribution in [2.24, 2.45) is 5.92 Å². The third-order valence-electron chi connectivity index (χ3n) is 4.47. The van der Waals surface area contributed by atoms with Gasteiger partial charge in [0, 0.05) is 11.3 Å². The Hall–Kier alpha value is -1.15. The Morgan fingerprint density at radius 1 is 1.21 bits per heavy atom. The van der Waals surface area contributed by atoms with E-state index in [0.29, 0.717) is 0 Å². The summed E-state index contributed by atoms with van der Waals surface area (Å²) in [5.74, 6) is -0.0590. The molecular weight excluding hydrogens is 239 g/mol. The van der Waals surface area contributed by atoms with Crippen LogP contribution in [0.5, 0.6) is 0 Å². The molecule has 1 aromatic rings. The lowest BCUT2D eigenvalue weighted by Crippen LogP contribution is -2.12. The Morgan fingerprint density at radius 2 is 1.89 bits per heavy atom. The normalized spacial score (nSPS) is 25.6. The predicted octanol–water partition coefficient (Wildman–Crippen LogP) is 4.21. The number of unbranched alkanes of at least 4 members (excludes halogenated alkanes) is 3. The first-order valence-corrected chi connectivity index (χ1v) is 7.23. The van der Waals surface area contributed by atoms with Gasteiger partial charge in [-0.2, -0.15) is 0 Å². The van der Waals surface area contributed by atoms with Gasteiger partial charge in [0.2, 0.25) is 0 Å². The maximum Gasteiger partial charge on any atom is 0.123 e. The molecule has 1 aromatic carbocycles. The number of hydrogen-bond acceptors (Lipinski definition) is 1. The van der Waals surface area contributed by atoms with Crippen LogP contribution >= 0.6 is 0 Å². The fraction of sp³-hybridized carbons (Fsp3) is 0.529. The molecule has 0 aromatic heterocycles. The summed E-state index contributed by atoms with van der Waals surface area (Å²) in [5.41, 5.74) is 2.11. The van der Waals surface area contributed by atoms with Crippen LogP contribution in [-0.2, 0) is 5.41 Å². The summed E-state index contributed by atoms with van der Waals surface area (Å²) in [6.45, 7) is 6.46. The molecule has 2 rings (SSSR count). The summed E-state index contributed by atoms with van der Waals surface area (Å²) in [4.78, 5) is 0. The van der Waals surface area contributed by atoms with E-state index in [1.165, 1.54) is 31.4 Å². The van der Waals surface area contributed by atoms with Crippen LogP contribution in [0.4, 0.5) is 4.39 Å². The molecule has 1 aliphatic rings. The van der Waals surface area contributed by atoms with Crippen molar-refractivity contribution in [3.63, 3.8) is 0 Å². The molecule has 1 aliphatic carbocycles. The molecule has 0 aliphatic heterocycles. The second-order valence-corrected chi connectivity index (χ2v) is 5.55. The number of aliphatic hydroxyl groups is 1. The molecule has 1 nitrogen and oxygen atoms in total. The van der Waals surface area contributed by atoms with Crippen LogP contribution in [0, 0.1) is 11.7 Å². The van der Waals surface area contributed by atoms with Crippen molar-refractivity contribution in [1.29, 1.82) is 0 Å². The Labute approximate surface area is 115 Å². The molecule has 0 bridgehead atoms. The average Bonchev–Trinajstić information content (AvgIpc) is 3.00. The Morgan fingerprint density at radius 3 is 2.42 bits per heavy atom. The summed E-state index contributed by atoms with van der Waals surface area (Å²) in [7, 11) is 0. The van der Waals surface area contributed by atoms with Crippen molar-refractivity contribution in [1.82, 2.24) is 0 Å². The van der Waals surface area contributed by atoms with Gasteiger partial charge in [0.1, 0.15) is 5.82 Å². The minimum absolute atomic E-state index is 0.101. The highest BCUT2D eigenvalue weighted by Crippen LogP contribution is 2.61. The first kappa shape index (κ1) is 14.3. The van der Waals surface area contributed by atoms with Crippen molar-refractivity contribution in [3.8, 4) is 0 Å². The molecule has 0 saturated heterocycles. The number of aliphatic hydroxyl groups excluding tert-OH is 1. The fourth-order valence-corrected chi connectivity index (χ4v) is 3.23. The van der Waals surface area contributed by atoms with Gasteiger partial charge in [-0.25, -0.2) is 4.39 Å². The average molecular weight is 262 g/mol. The van der Waals surface area contributed by atoms with Gasteiger partial charge in [-0.05, 0) is 24.1 Å². The molecular formula is C17H23FO. The smallest absolute Gasteiger partial charge is 0.123 e. The molecule has 1 fully saturated rings.